The van der Waals surface area contributed by atoms with Gasteiger partial charge in [0.15, 0.2) is 19.7 Å². The molecule has 3 atom stereocenters. The van der Waals surface area contributed by atoms with Crippen molar-refractivity contribution in [2.24, 2.45) is 4.99 Å². The Morgan fingerprint density at radius 1 is 1.25 bits per heavy atom. The summed E-state index contributed by atoms with van der Waals surface area (Å²) in [4.78, 5) is 4.02. The first-order valence-corrected chi connectivity index (χ1v) is 15.2. The van der Waals surface area contributed by atoms with Gasteiger partial charge in [0.25, 0.3) is 0 Å². The number of aliphatic hydroxyl groups excluding tert-OH is 1. The molecule has 7 nitrogen and oxygen atoms in total. The van der Waals surface area contributed by atoms with Crippen LogP contribution in [0.3, 0.4) is 0 Å². The molecular weight excluding hydrogens is 574 g/mol. The van der Waals surface area contributed by atoms with Gasteiger partial charge in [0, 0.05) is 18.7 Å². The van der Waals surface area contributed by atoms with Gasteiger partial charge in [0.1, 0.15) is 11.6 Å². The molecule has 0 amide bonds. The maximum Gasteiger partial charge on any atom is 0.191 e. The Bertz CT molecular complexity index is 1220. The summed E-state index contributed by atoms with van der Waals surface area (Å²) < 4.78 is 52.5. The second-order valence-corrected chi connectivity index (χ2v) is 12.3. The van der Waals surface area contributed by atoms with Gasteiger partial charge in [-0.05, 0) is 69.4 Å². The molecule has 0 radical (unpaired) electrons. The minimum absolute atomic E-state index is 0.0128. The van der Waals surface area contributed by atoms with E-state index in [0.29, 0.717) is 10.7 Å². The molecule has 36 heavy (non-hydrogen) atoms. The van der Waals surface area contributed by atoms with E-state index in [1.54, 1.807) is 6.26 Å². The molecule has 0 aliphatic carbocycles. The molecule has 0 saturated carbocycles. The first-order valence-electron chi connectivity index (χ1n) is 11.3. The fourth-order valence-electron chi connectivity index (χ4n) is 4.18. The van der Waals surface area contributed by atoms with E-state index in [9.17, 15) is 22.3 Å². The van der Waals surface area contributed by atoms with E-state index in [4.69, 9.17) is 5.41 Å². The zero-order chi connectivity index (χ0) is 26.5. The predicted octanol–water partition coefficient (Wildman–Crippen LogP) is 3.70. The van der Waals surface area contributed by atoms with Gasteiger partial charge in [-0.15, -0.1) is 0 Å². The Morgan fingerprint density at radius 3 is 2.56 bits per heavy atom. The molecule has 1 aliphatic rings. The number of fused-ring (bicyclic) bond motifs is 1. The lowest BCUT2D eigenvalue weighted by atomic mass is 9.97. The summed E-state index contributed by atoms with van der Waals surface area (Å²) in [6, 6.07) is 7.68. The number of thioether (sulfide) groups is 1. The Labute approximate surface area is 222 Å². The van der Waals surface area contributed by atoms with Crippen LogP contribution in [0.15, 0.2) is 41.4 Å². The predicted molar refractivity (Wildman–Crippen MR) is 145 cm³/mol. The minimum atomic E-state index is -3.32. The molecule has 3 unspecified atom stereocenters. The van der Waals surface area contributed by atoms with Gasteiger partial charge in [-0.1, -0.05) is 36.9 Å². The standard InChI is InChI=1S/C24H29BrF2N4O3S2/c1-3-14-4-5-16-12-36(33,34)13-21(19(16)8-14)29-11-22(32)20(30-24(35-2)31-23(25)28)9-15-6-17(26)10-18(27)7-15/h4-8,10,20-22,29,32H,3,9,11-13H2,1-2H3,(H2,28,30,31). The molecule has 0 saturated heterocycles. The molecule has 1 aliphatic heterocycles. The molecule has 0 bridgehead atoms. The van der Waals surface area contributed by atoms with Crippen LogP contribution in [0, 0.1) is 17.0 Å². The highest BCUT2D eigenvalue weighted by molar-refractivity contribution is 9.18. The van der Waals surface area contributed by atoms with Crippen LogP contribution in [0.1, 0.15) is 35.2 Å². The van der Waals surface area contributed by atoms with Crippen LogP contribution >= 0.6 is 27.7 Å². The molecule has 2 aromatic rings. The Morgan fingerprint density at radius 2 is 1.94 bits per heavy atom. The molecule has 1 heterocycles. The van der Waals surface area contributed by atoms with Crippen LogP contribution < -0.4 is 10.6 Å². The van der Waals surface area contributed by atoms with Crippen LogP contribution in [0.2, 0.25) is 0 Å². The summed E-state index contributed by atoms with van der Waals surface area (Å²) in [5, 5.41) is 25.2. The highest BCUT2D eigenvalue weighted by atomic mass is 79.9. The summed E-state index contributed by atoms with van der Waals surface area (Å²) in [5.41, 5.74) is 3.05. The zero-order valence-corrected chi connectivity index (χ0v) is 23.1. The molecule has 2 aromatic carbocycles. The lowest BCUT2D eigenvalue weighted by Gasteiger charge is -2.30. The van der Waals surface area contributed by atoms with Crippen LogP contribution in [0.5, 0.6) is 0 Å². The maximum absolute atomic E-state index is 13.8. The average Bonchev–Trinajstić information content (AvgIpc) is 2.79. The molecule has 196 valence electrons. The number of aliphatic imine (C=N–C) groups is 1. The summed E-state index contributed by atoms with van der Waals surface area (Å²) >= 11 is 4.17. The van der Waals surface area contributed by atoms with Crippen molar-refractivity contribution in [1.29, 1.82) is 5.41 Å². The number of rotatable bonds is 8. The van der Waals surface area contributed by atoms with E-state index in [0.717, 1.165) is 29.2 Å². The smallest absolute Gasteiger partial charge is 0.191 e. The van der Waals surface area contributed by atoms with E-state index in [1.807, 2.05) is 25.1 Å². The van der Waals surface area contributed by atoms with Gasteiger partial charge in [-0.3, -0.25) is 5.41 Å². The average molecular weight is 604 g/mol. The van der Waals surface area contributed by atoms with Crippen molar-refractivity contribution in [1.82, 2.24) is 10.6 Å². The highest BCUT2D eigenvalue weighted by Gasteiger charge is 2.31. The van der Waals surface area contributed by atoms with Crippen LogP contribution in [-0.4, -0.2) is 54.1 Å². The Hall–Kier alpha value is -1.86. The highest BCUT2D eigenvalue weighted by Crippen LogP contribution is 2.29. The van der Waals surface area contributed by atoms with E-state index in [1.165, 1.54) is 23.9 Å². The number of nitrogens with one attached hydrogen (secondary N) is 3. The first kappa shape index (κ1) is 28.7. The van der Waals surface area contributed by atoms with Crippen molar-refractivity contribution < 1.29 is 22.3 Å². The van der Waals surface area contributed by atoms with Crippen LogP contribution in [0.4, 0.5) is 8.78 Å². The monoisotopic (exact) mass is 602 g/mol. The Kier molecular flexibility index (Phi) is 10.0. The number of nitrogens with zero attached hydrogens (tertiary/aromatic N) is 1. The molecule has 4 N–H and O–H groups in total. The fraction of sp³-hybridized carbons (Fsp3) is 0.417. The molecule has 0 fully saturated rings. The van der Waals surface area contributed by atoms with Gasteiger partial charge in [-0.2, -0.15) is 4.99 Å². The third kappa shape index (κ3) is 8.07. The molecular formula is C24H29BrF2N4O3S2. The summed E-state index contributed by atoms with van der Waals surface area (Å²) in [7, 11) is -3.32. The second-order valence-electron chi connectivity index (χ2n) is 8.61. The zero-order valence-electron chi connectivity index (χ0n) is 19.9. The molecule has 0 spiro atoms. The van der Waals surface area contributed by atoms with Gasteiger partial charge >= 0.3 is 0 Å². The van der Waals surface area contributed by atoms with Gasteiger partial charge in [0.05, 0.1) is 23.7 Å². The van der Waals surface area contributed by atoms with Crippen molar-refractivity contribution >= 4 is 47.4 Å². The normalized spacial score (nSPS) is 18.8. The minimum Gasteiger partial charge on any atom is -0.390 e. The number of benzene rings is 2. The lowest BCUT2D eigenvalue weighted by molar-refractivity contribution is 0.131. The molecule has 3 rings (SSSR count). The van der Waals surface area contributed by atoms with E-state index >= 15 is 0 Å². The van der Waals surface area contributed by atoms with Crippen molar-refractivity contribution in [3.8, 4) is 0 Å². The number of aryl methyl sites for hydroxylation is 1. The van der Waals surface area contributed by atoms with E-state index in [2.05, 4.69) is 31.6 Å². The maximum atomic E-state index is 13.8. The number of halogens is 3. The first-order chi connectivity index (χ1) is 17.0. The van der Waals surface area contributed by atoms with Crippen molar-refractivity contribution in [3.63, 3.8) is 0 Å². The van der Waals surface area contributed by atoms with Gasteiger partial charge in [0.2, 0.25) is 0 Å². The van der Waals surface area contributed by atoms with Crippen LogP contribution in [0.25, 0.3) is 0 Å². The number of aliphatic hydroxyl groups is 1. The van der Waals surface area contributed by atoms with E-state index < -0.39 is 39.7 Å². The van der Waals surface area contributed by atoms with Gasteiger partial charge in [-0.25, -0.2) is 17.2 Å². The third-order valence-corrected chi connectivity index (χ3v) is 8.27. The van der Waals surface area contributed by atoms with Crippen molar-refractivity contribution in [2.45, 2.75) is 43.7 Å². The fourth-order valence-corrected chi connectivity index (χ4v) is 6.59. The summed E-state index contributed by atoms with van der Waals surface area (Å²) in [5.74, 6) is -1.57. The van der Waals surface area contributed by atoms with E-state index in [-0.39, 0.29) is 29.2 Å². The number of hydrogen-bond acceptors (Lipinski definition) is 6. The second kappa shape index (κ2) is 12.6. The number of amidine groups is 2. The summed E-state index contributed by atoms with van der Waals surface area (Å²) in [6.07, 6.45) is 1.53. The lowest BCUT2D eigenvalue weighted by Crippen LogP contribution is -2.49. The molecule has 0 aromatic heterocycles. The largest absolute Gasteiger partial charge is 0.390 e. The number of hydrogen-bond donors (Lipinski definition) is 4. The van der Waals surface area contributed by atoms with Crippen molar-refractivity contribution in [3.05, 3.63) is 70.3 Å². The Balaban J connectivity index is 1.83. The van der Waals surface area contributed by atoms with Crippen LogP contribution in [-0.2, 0) is 28.4 Å². The SMILES string of the molecule is CCc1ccc2c(c1)C(NCC(O)C(Cc1cc(F)cc(F)c1)N/C(=N/C(=N)Br)SC)CS(=O)(=O)C2. The summed E-state index contributed by atoms with van der Waals surface area (Å²) in [6.45, 7) is 2.04. The van der Waals surface area contributed by atoms with Gasteiger partial charge < -0.3 is 15.7 Å². The topological polar surface area (TPSA) is 115 Å². The number of sulfone groups is 1. The van der Waals surface area contributed by atoms with Crippen molar-refractivity contribution in [2.75, 3.05) is 18.6 Å². The quantitative estimate of drug-likeness (QED) is 0.208. The molecule has 12 heteroatoms. The third-order valence-electron chi connectivity index (χ3n) is 5.91.